The Labute approximate surface area is 103 Å². The van der Waals surface area contributed by atoms with E-state index in [1.54, 1.807) is 0 Å². The minimum absolute atomic E-state index is 0.240. The van der Waals surface area contributed by atoms with Crippen LogP contribution in [0.3, 0.4) is 0 Å². The molecule has 0 aliphatic carbocycles. The summed E-state index contributed by atoms with van der Waals surface area (Å²) in [5.41, 5.74) is 4.30. The first kappa shape index (κ1) is 11.2. The van der Waals surface area contributed by atoms with Gasteiger partial charge >= 0.3 is 0 Å². The lowest BCUT2D eigenvalue weighted by Crippen LogP contribution is -2.33. The number of hydrogen-bond acceptors (Lipinski definition) is 3. The maximum absolute atomic E-state index is 5.80. The summed E-state index contributed by atoms with van der Waals surface area (Å²) < 4.78 is 5.80. The fourth-order valence-corrected chi connectivity index (χ4v) is 2.69. The summed E-state index contributed by atoms with van der Waals surface area (Å²) in [5.74, 6) is 0. The summed E-state index contributed by atoms with van der Waals surface area (Å²) in [6.45, 7) is 8.30. The maximum Gasteiger partial charge on any atom is 0.0949 e. The Hall–Kier alpha value is -0.900. The molecule has 2 aliphatic rings. The molecular weight excluding hydrogens is 212 g/mol. The van der Waals surface area contributed by atoms with Crippen LogP contribution in [0.2, 0.25) is 0 Å². The van der Waals surface area contributed by atoms with Gasteiger partial charge in [0.1, 0.15) is 0 Å². The lowest BCUT2D eigenvalue weighted by molar-refractivity contribution is 0.0276. The van der Waals surface area contributed by atoms with E-state index < -0.39 is 0 Å². The molecule has 3 nitrogen and oxygen atoms in total. The predicted octanol–water partition coefficient (Wildman–Crippen LogP) is 1.68. The topological polar surface area (TPSA) is 24.5 Å². The predicted molar refractivity (Wildman–Crippen MR) is 67.8 cm³/mol. The van der Waals surface area contributed by atoms with Crippen LogP contribution in [0.1, 0.15) is 29.7 Å². The van der Waals surface area contributed by atoms with Crippen LogP contribution < -0.4 is 5.32 Å². The number of morpholine rings is 1. The number of nitrogens with zero attached hydrogens (tertiary/aromatic N) is 1. The largest absolute Gasteiger partial charge is 0.371 e. The van der Waals surface area contributed by atoms with E-state index in [2.05, 4.69) is 35.3 Å². The normalized spacial score (nSPS) is 24.9. The summed E-state index contributed by atoms with van der Waals surface area (Å²) in [7, 11) is 0. The van der Waals surface area contributed by atoms with E-state index >= 15 is 0 Å². The molecule has 1 saturated heterocycles. The van der Waals surface area contributed by atoms with Crippen LogP contribution in [0, 0.1) is 0 Å². The highest BCUT2D eigenvalue weighted by molar-refractivity contribution is 5.36. The molecule has 3 heteroatoms. The number of nitrogens with one attached hydrogen (secondary N) is 1. The average molecular weight is 232 g/mol. The Morgan fingerprint density at radius 3 is 3.00 bits per heavy atom. The number of rotatable bonds is 2. The first-order valence-electron chi connectivity index (χ1n) is 6.53. The summed E-state index contributed by atoms with van der Waals surface area (Å²) in [5, 5.41) is 3.39. The highest BCUT2D eigenvalue weighted by Gasteiger charge is 2.21. The zero-order chi connectivity index (χ0) is 11.7. The molecule has 0 spiro atoms. The molecular formula is C14H20N2O. The van der Waals surface area contributed by atoms with Crippen molar-refractivity contribution in [2.24, 2.45) is 0 Å². The van der Waals surface area contributed by atoms with E-state index in [-0.39, 0.29) is 6.10 Å². The van der Waals surface area contributed by atoms with Crippen molar-refractivity contribution in [2.75, 3.05) is 26.2 Å². The Morgan fingerprint density at radius 2 is 2.24 bits per heavy atom. The Balaban J connectivity index is 1.80. The first-order valence-corrected chi connectivity index (χ1v) is 6.53. The van der Waals surface area contributed by atoms with Crippen molar-refractivity contribution in [2.45, 2.75) is 26.1 Å². The molecule has 0 amide bonds. The van der Waals surface area contributed by atoms with Gasteiger partial charge in [-0.25, -0.2) is 0 Å². The van der Waals surface area contributed by atoms with Crippen LogP contribution in [0.15, 0.2) is 18.2 Å². The monoisotopic (exact) mass is 232 g/mol. The van der Waals surface area contributed by atoms with Crippen LogP contribution >= 0.6 is 0 Å². The summed E-state index contributed by atoms with van der Waals surface area (Å²) >= 11 is 0. The van der Waals surface area contributed by atoms with Gasteiger partial charge in [0.25, 0.3) is 0 Å². The van der Waals surface area contributed by atoms with Crippen molar-refractivity contribution in [1.29, 1.82) is 0 Å². The maximum atomic E-state index is 5.80. The van der Waals surface area contributed by atoms with Crippen LogP contribution in [-0.2, 0) is 17.8 Å². The van der Waals surface area contributed by atoms with Crippen molar-refractivity contribution < 1.29 is 4.74 Å². The second-order valence-corrected chi connectivity index (χ2v) is 4.89. The summed E-state index contributed by atoms with van der Waals surface area (Å²) in [4.78, 5) is 2.47. The van der Waals surface area contributed by atoms with Gasteiger partial charge < -0.3 is 10.1 Å². The number of fused-ring (bicyclic) bond motifs is 1. The Morgan fingerprint density at radius 1 is 1.35 bits per heavy atom. The van der Waals surface area contributed by atoms with Gasteiger partial charge in [0.15, 0.2) is 0 Å². The lowest BCUT2D eigenvalue weighted by atomic mass is 10.0. The molecule has 0 radical (unpaired) electrons. The molecule has 0 aromatic heterocycles. The van der Waals surface area contributed by atoms with Gasteiger partial charge in [-0.2, -0.15) is 0 Å². The molecule has 3 rings (SSSR count). The molecule has 1 aromatic carbocycles. The van der Waals surface area contributed by atoms with Crippen molar-refractivity contribution in [3.05, 3.63) is 34.9 Å². The lowest BCUT2D eigenvalue weighted by Gasteiger charge is -2.24. The van der Waals surface area contributed by atoms with E-state index in [0.717, 1.165) is 39.3 Å². The van der Waals surface area contributed by atoms with Gasteiger partial charge in [-0.1, -0.05) is 25.1 Å². The zero-order valence-electron chi connectivity index (χ0n) is 10.4. The minimum Gasteiger partial charge on any atom is -0.371 e. The van der Waals surface area contributed by atoms with Gasteiger partial charge in [-0.05, 0) is 23.2 Å². The molecule has 1 fully saturated rings. The second kappa shape index (κ2) is 4.77. The molecule has 1 aromatic rings. The number of ether oxygens (including phenoxy) is 1. The third-order valence-electron chi connectivity index (χ3n) is 3.76. The third-order valence-corrected chi connectivity index (χ3v) is 3.76. The molecule has 1 N–H and O–H groups in total. The van der Waals surface area contributed by atoms with Gasteiger partial charge in [0, 0.05) is 26.2 Å². The molecule has 17 heavy (non-hydrogen) atoms. The molecule has 0 saturated carbocycles. The van der Waals surface area contributed by atoms with Crippen molar-refractivity contribution >= 4 is 0 Å². The van der Waals surface area contributed by atoms with Gasteiger partial charge in [-0.3, -0.25) is 4.90 Å². The minimum atomic E-state index is 0.240. The fourth-order valence-electron chi connectivity index (χ4n) is 2.69. The zero-order valence-corrected chi connectivity index (χ0v) is 10.4. The van der Waals surface area contributed by atoms with Gasteiger partial charge in [-0.15, -0.1) is 0 Å². The van der Waals surface area contributed by atoms with E-state index in [4.69, 9.17) is 4.74 Å². The Kier molecular flexibility index (Phi) is 3.14. The highest BCUT2D eigenvalue weighted by atomic mass is 16.5. The van der Waals surface area contributed by atoms with Gasteiger partial charge in [0.05, 0.1) is 12.7 Å². The Bertz CT molecular complexity index is 399. The second-order valence-electron chi connectivity index (χ2n) is 4.89. The quantitative estimate of drug-likeness (QED) is 0.839. The summed E-state index contributed by atoms with van der Waals surface area (Å²) in [6, 6.07) is 6.84. The van der Waals surface area contributed by atoms with E-state index in [0.29, 0.717) is 0 Å². The van der Waals surface area contributed by atoms with Crippen LogP contribution in [0.25, 0.3) is 0 Å². The standard InChI is InChI=1S/C14H20N2O/c1-2-16-9-12-4-3-11(7-13(12)10-16)14-8-15-5-6-17-14/h3-4,7,14-15H,2,5-6,8-10H2,1H3. The molecule has 2 aliphatic heterocycles. The van der Waals surface area contributed by atoms with E-state index in [1.165, 1.54) is 16.7 Å². The highest BCUT2D eigenvalue weighted by Crippen LogP contribution is 2.27. The van der Waals surface area contributed by atoms with Crippen LogP contribution in [0.5, 0.6) is 0 Å². The first-order chi connectivity index (χ1) is 8.36. The van der Waals surface area contributed by atoms with Crippen molar-refractivity contribution in [3.8, 4) is 0 Å². The average Bonchev–Trinajstić information content (AvgIpc) is 2.81. The SMILES string of the molecule is CCN1Cc2ccc(C3CNCCO3)cc2C1. The molecule has 1 unspecified atom stereocenters. The molecule has 2 heterocycles. The number of hydrogen-bond donors (Lipinski definition) is 1. The molecule has 92 valence electrons. The van der Waals surface area contributed by atoms with Crippen molar-refractivity contribution in [3.63, 3.8) is 0 Å². The van der Waals surface area contributed by atoms with E-state index in [1.807, 2.05) is 0 Å². The molecule has 1 atom stereocenters. The van der Waals surface area contributed by atoms with Crippen LogP contribution in [0.4, 0.5) is 0 Å². The fraction of sp³-hybridized carbons (Fsp3) is 0.571. The summed E-state index contributed by atoms with van der Waals surface area (Å²) in [6.07, 6.45) is 0.240. The van der Waals surface area contributed by atoms with Crippen LogP contribution in [-0.4, -0.2) is 31.1 Å². The van der Waals surface area contributed by atoms with E-state index in [9.17, 15) is 0 Å². The van der Waals surface area contributed by atoms with Gasteiger partial charge in [0.2, 0.25) is 0 Å². The third kappa shape index (κ3) is 2.23. The van der Waals surface area contributed by atoms with Crippen molar-refractivity contribution in [1.82, 2.24) is 10.2 Å². The number of benzene rings is 1. The molecule has 0 bridgehead atoms. The smallest absolute Gasteiger partial charge is 0.0949 e.